The van der Waals surface area contributed by atoms with Gasteiger partial charge in [-0.05, 0) is 29.7 Å². The zero-order valence-electron chi connectivity index (χ0n) is 12.6. The lowest BCUT2D eigenvalue weighted by Crippen LogP contribution is -2.34. The normalized spacial score (nSPS) is 11.5. The number of urea groups is 1. The standard InChI is InChI=1S/C17H19N3O3/c18-15(16(21)23-11-13-4-2-1-3-5-13)10-12-6-8-14(9-7-12)20-17(19)22/h1-9,15H,10-11,18H2,(H3,19,20,22). The lowest BCUT2D eigenvalue weighted by Gasteiger charge is -2.12. The number of hydrogen-bond acceptors (Lipinski definition) is 4. The van der Waals surface area contributed by atoms with Crippen LogP contribution in [-0.4, -0.2) is 18.0 Å². The summed E-state index contributed by atoms with van der Waals surface area (Å²) in [6.07, 6.45) is 0.352. The fraction of sp³-hybridized carbons (Fsp3) is 0.176. The summed E-state index contributed by atoms with van der Waals surface area (Å²) < 4.78 is 5.20. The van der Waals surface area contributed by atoms with Gasteiger partial charge in [-0.1, -0.05) is 42.5 Å². The molecule has 5 N–H and O–H groups in total. The van der Waals surface area contributed by atoms with Gasteiger partial charge in [-0.3, -0.25) is 4.79 Å². The molecule has 6 heteroatoms. The van der Waals surface area contributed by atoms with E-state index < -0.39 is 18.0 Å². The molecule has 2 rings (SSSR count). The number of nitrogens with two attached hydrogens (primary N) is 2. The zero-order chi connectivity index (χ0) is 16.7. The number of carbonyl (C=O) groups is 2. The van der Waals surface area contributed by atoms with Crippen LogP contribution < -0.4 is 16.8 Å². The molecule has 0 radical (unpaired) electrons. The van der Waals surface area contributed by atoms with Crippen molar-refractivity contribution >= 4 is 17.7 Å². The minimum atomic E-state index is -0.742. The van der Waals surface area contributed by atoms with Crippen molar-refractivity contribution < 1.29 is 14.3 Å². The first-order chi connectivity index (χ1) is 11.0. The van der Waals surface area contributed by atoms with E-state index in [0.717, 1.165) is 11.1 Å². The van der Waals surface area contributed by atoms with Gasteiger partial charge in [-0.25, -0.2) is 4.79 Å². The summed E-state index contributed by atoms with van der Waals surface area (Å²) in [7, 11) is 0. The minimum absolute atomic E-state index is 0.203. The summed E-state index contributed by atoms with van der Waals surface area (Å²) >= 11 is 0. The van der Waals surface area contributed by atoms with E-state index in [-0.39, 0.29) is 6.61 Å². The summed E-state index contributed by atoms with van der Waals surface area (Å²) in [6, 6.07) is 15.0. The Labute approximate surface area is 134 Å². The Hall–Kier alpha value is -2.86. The molecule has 6 nitrogen and oxygen atoms in total. The van der Waals surface area contributed by atoms with Crippen LogP contribution in [0.5, 0.6) is 0 Å². The van der Waals surface area contributed by atoms with Crippen molar-refractivity contribution in [3.63, 3.8) is 0 Å². The maximum Gasteiger partial charge on any atom is 0.323 e. The minimum Gasteiger partial charge on any atom is -0.460 e. The van der Waals surface area contributed by atoms with E-state index in [1.807, 2.05) is 30.3 Å². The lowest BCUT2D eigenvalue weighted by atomic mass is 10.1. The molecular formula is C17H19N3O3. The van der Waals surface area contributed by atoms with Crippen LogP contribution in [0.4, 0.5) is 10.5 Å². The summed E-state index contributed by atoms with van der Waals surface area (Å²) in [5, 5.41) is 2.46. The maximum absolute atomic E-state index is 11.9. The number of esters is 1. The summed E-state index contributed by atoms with van der Waals surface area (Å²) in [5.41, 5.74) is 13.3. The van der Waals surface area contributed by atoms with Crippen LogP contribution in [-0.2, 0) is 22.6 Å². The fourth-order valence-electron chi connectivity index (χ4n) is 2.04. The molecule has 0 fully saturated rings. The molecule has 2 aromatic rings. The largest absolute Gasteiger partial charge is 0.460 e. The third-order valence-electron chi connectivity index (χ3n) is 3.20. The second-order valence-corrected chi connectivity index (χ2v) is 5.09. The molecule has 0 saturated heterocycles. The molecule has 2 amide bonds. The summed E-state index contributed by atoms with van der Waals surface area (Å²) in [4.78, 5) is 22.7. The van der Waals surface area contributed by atoms with E-state index in [2.05, 4.69) is 5.32 Å². The first-order valence-electron chi connectivity index (χ1n) is 7.16. The van der Waals surface area contributed by atoms with Crippen LogP contribution in [0.2, 0.25) is 0 Å². The molecule has 1 unspecified atom stereocenters. The molecular weight excluding hydrogens is 294 g/mol. The van der Waals surface area contributed by atoms with Crippen LogP contribution in [0.3, 0.4) is 0 Å². The van der Waals surface area contributed by atoms with E-state index in [1.165, 1.54) is 0 Å². The van der Waals surface area contributed by atoms with Crippen LogP contribution in [0, 0.1) is 0 Å². The average Bonchev–Trinajstić information content (AvgIpc) is 2.55. The molecule has 0 saturated carbocycles. The van der Waals surface area contributed by atoms with Gasteiger partial charge in [0.15, 0.2) is 0 Å². The SMILES string of the molecule is NC(=O)Nc1ccc(CC(N)C(=O)OCc2ccccc2)cc1. The fourth-order valence-corrected chi connectivity index (χ4v) is 2.04. The highest BCUT2D eigenvalue weighted by molar-refractivity contribution is 5.87. The van der Waals surface area contributed by atoms with Gasteiger partial charge in [0.25, 0.3) is 0 Å². The third-order valence-corrected chi connectivity index (χ3v) is 3.20. The third kappa shape index (κ3) is 5.44. The predicted molar refractivity (Wildman–Crippen MR) is 87.6 cm³/mol. The van der Waals surface area contributed by atoms with Crippen molar-refractivity contribution in [2.24, 2.45) is 11.5 Å². The molecule has 120 valence electrons. The van der Waals surface area contributed by atoms with Gasteiger partial charge in [0, 0.05) is 5.69 Å². The molecule has 2 aromatic carbocycles. The molecule has 0 aromatic heterocycles. The number of carbonyl (C=O) groups excluding carboxylic acids is 2. The van der Waals surface area contributed by atoms with E-state index in [9.17, 15) is 9.59 Å². The molecule has 0 aliphatic carbocycles. The van der Waals surface area contributed by atoms with Gasteiger partial charge >= 0.3 is 12.0 Å². The monoisotopic (exact) mass is 313 g/mol. The number of ether oxygens (including phenoxy) is 1. The Morgan fingerprint density at radius 3 is 2.26 bits per heavy atom. The number of amides is 2. The van der Waals surface area contributed by atoms with E-state index in [4.69, 9.17) is 16.2 Å². The Morgan fingerprint density at radius 1 is 1.00 bits per heavy atom. The smallest absolute Gasteiger partial charge is 0.323 e. The van der Waals surface area contributed by atoms with Crippen LogP contribution >= 0.6 is 0 Å². The second kappa shape index (κ2) is 7.95. The maximum atomic E-state index is 11.9. The topological polar surface area (TPSA) is 107 Å². The number of benzene rings is 2. The van der Waals surface area contributed by atoms with E-state index in [1.54, 1.807) is 24.3 Å². The molecule has 0 aliphatic heterocycles. The number of hydrogen-bond donors (Lipinski definition) is 3. The first kappa shape index (κ1) is 16.5. The zero-order valence-corrected chi connectivity index (χ0v) is 12.6. The molecule has 0 spiro atoms. The Bertz CT molecular complexity index is 657. The Balaban J connectivity index is 1.84. The molecule has 0 bridgehead atoms. The van der Waals surface area contributed by atoms with Crippen molar-refractivity contribution in [1.82, 2.24) is 0 Å². The second-order valence-electron chi connectivity index (χ2n) is 5.09. The van der Waals surface area contributed by atoms with Crippen molar-refractivity contribution in [2.75, 3.05) is 5.32 Å². The Kier molecular flexibility index (Phi) is 5.71. The summed E-state index contributed by atoms with van der Waals surface area (Å²) in [6.45, 7) is 0.203. The van der Waals surface area contributed by atoms with Gasteiger partial charge in [-0.15, -0.1) is 0 Å². The van der Waals surface area contributed by atoms with Crippen molar-refractivity contribution in [1.29, 1.82) is 0 Å². The van der Waals surface area contributed by atoms with Crippen LogP contribution in [0.15, 0.2) is 54.6 Å². The van der Waals surface area contributed by atoms with Gasteiger partial charge in [-0.2, -0.15) is 0 Å². The Morgan fingerprint density at radius 2 is 1.65 bits per heavy atom. The average molecular weight is 313 g/mol. The highest BCUT2D eigenvalue weighted by atomic mass is 16.5. The highest BCUT2D eigenvalue weighted by Gasteiger charge is 2.15. The lowest BCUT2D eigenvalue weighted by molar-refractivity contribution is -0.146. The van der Waals surface area contributed by atoms with Gasteiger partial charge in [0.2, 0.25) is 0 Å². The van der Waals surface area contributed by atoms with E-state index in [0.29, 0.717) is 12.1 Å². The van der Waals surface area contributed by atoms with Crippen LogP contribution in [0.1, 0.15) is 11.1 Å². The summed E-state index contributed by atoms with van der Waals surface area (Å²) in [5.74, 6) is -0.451. The van der Waals surface area contributed by atoms with E-state index >= 15 is 0 Å². The molecule has 0 aliphatic rings. The number of anilines is 1. The number of primary amides is 1. The van der Waals surface area contributed by atoms with Crippen molar-refractivity contribution in [3.05, 3.63) is 65.7 Å². The van der Waals surface area contributed by atoms with Crippen molar-refractivity contribution in [2.45, 2.75) is 19.1 Å². The first-order valence-corrected chi connectivity index (χ1v) is 7.16. The number of nitrogens with one attached hydrogen (secondary N) is 1. The van der Waals surface area contributed by atoms with Crippen molar-refractivity contribution in [3.8, 4) is 0 Å². The van der Waals surface area contributed by atoms with Gasteiger partial charge in [0.05, 0.1) is 0 Å². The number of rotatable bonds is 6. The molecule has 1 atom stereocenters. The van der Waals surface area contributed by atoms with Crippen LogP contribution in [0.25, 0.3) is 0 Å². The quantitative estimate of drug-likeness (QED) is 0.707. The highest BCUT2D eigenvalue weighted by Crippen LogP contribution is 2.11. The predicted octanol–water partition coefficient (Wildman–Crippen LogP) is 1.79. The molecule has 23 heavy (non-hydrogen) atoms. The van der Waals surface area contributed by atoms with Gasteiger partial charge < -0.3 is 21.5 Å². The molecule has 0 heterocycles. The van der Waals surface area contributed by atoms with Gasteiger partial charge in [0.1, 0.15) is 12.6 Å².